The largest absolute Gasteiger partial charge is 0.479 e. The number of aliphatic carboxylic acids is 1. The van der Waals surface area contributed by atoms with Gasteiger partial charge in [0.2, 0.25) is 0 Å². The third-order valence-electron chi connectivity index (χ3n) is 2.08. The van der Waals surface area contributed by atoms with Crippen LogP contribution in [0.4, 0.5) is 4.79 Å². The highest BCUT2D eigenvalue weighted by Gasteiger charge is 2.33. The Morgan fingerprint density at radius 2 is 2.14 bits per heavy atom. The molecule has 1 aliphatic rings. The Morgan fingerprint density at radius 3 is 2.43 bits per heavy atom. The minimum atomic E-state index is -1.23. The molecule has 0 bridgehead atoms. The van der Waals surface area contributed by atoms with E-state index in [1.54, 1.807) is 6.92 Å². The van der Waals surface area contributed by atoms with E-state index in [-0.39, 0.29) is 6.54 Å². The van der Waals surface area contributed by atoms with Gasteiger partial charge >= 0.3 is 12.1 Å². The van der Waals surface area contributed by atoms with E-state index in [2.05, 4.69) is 6.58 Å². The fraction of sp³-hybridized carbons (Fsp3) is 0.333. The molecule has 0 aromatic rings. The standard InChI is InChI=1S/C9H11NO4/c1-5(2)6-3-7(8(11)12)10(4-6)9(13)14/h3,7H,1,4H2,2H3,(H,11,12)(H,13,14)/t7-/m0/s1. The Bertz CT molecular complexity index is 332. The van der Waals surface area contributed by atoms with Crippen molar-refractivity contribution in [2.24, 2.45) is 0 Å². The van der Waals surface area contributed by atoms with E-state index < -0.39 is 18.1 Å². The summed E-state index contributed by atoms with van der Waals surface area (Å²) in [5.41, 5.74) is 1.36. The van der Waals surface area contributed by atoms with Crippen LogP contribution in [0, 0.1) is 0 Å². The fourth-order valence-corrected chi connectivity index (χ4v) is 1.28. The first kappa shape index (κ1) is 10.3. The van der Waals surface area contributed by atoms with Crippen molar-refractivity contribution in [2.75, 3.05) is 6.54 Å². The molecule has 5 nitrogen and oxygen atoms in total. The number of nitrogens with zero attached hydrogens (tertiary/aromatic N) is 1. The fourth-order valence-electron chi connectivity index (χ4n) is 1.28. The smallest absolute Gasteiger partial charge is 0.408 e. The summed E-state index contributed by atoms with van der Waals surface area (Å²) in [6, 6.07) is -1.08. The Morgan fingerprint density at radius 1 is 1.57 bits per heavy atom. The van der Waals surface area contributed by atoms with E-state index >= 15 is 0 Å². The zero-order valence-electron chi connectivity index (χ0n) is 7.73. The van der Waals surface area contributed by atoms with Crippen molar-refractivity contribution >= 4 is 12.1 Å². The molecular weight excluding hydrogens is 186 g/mol. The van der Waals surface area contributed by atoms with Gasteiger partial charge in [0.15, 0.2) is 6.04 Å². The first-order chi connectivity index (χ1) is 6.43. The van der Waals surface area contributed by atoms with Crippen molar-refractivity contribution in [1.29, 1.82) is 0 Å². The number of carboxylic acids is 1. The maximum Gasteiger partial charge on any atom is 0.408 e. The topological polar surface area (TPSA) is 77.8 Å². The minimum absolute atomic E-state index is 0.0988. The summed E-state index contributed by atoms with van der Waals surface area (Å²) in [4.78, 5) is 22.3. The molecule has 1 atom stereocenters. The molecule has 0 spiro atoms. The van der Waals surface area contributed by atoms with Crippen molar-refractivity contribution in [3.8, 4) is 0 Å². The Kier molecular flexibility index (Phi) is 2.60. The van der Waals surface area contributed by atoms with Crippen LogP contribution in [0.5, 0.6) is 0 Å². The molecule has 0 aliphatic carbocycles. The molecule has 1 heterocycles. The lowest BCUT2D eigenvalue weighted by molar-refractivity contribution is -0.140. The molecule has 1 amide bonds. The van der Waals surface area contributed by atoms with Gasteiger partial charge in [0.05, 0.1) is 6.54 Å². The van der Waals surface area contributed by atoms with Gasteiger partial charge in [-0.2, -0.15) is 0 Å². The van der Waals surface area contributed by atoms with Crippen LogP contribution in [0.15, 0.2) is 23.8 Å². The summed E-state index contributed by atoms with van der Waals surface area (Å²) >= 11 is 0. The number of carboxylic acid groups (broad SMARTS) is 2. The second kappa shape index (κ2) is 3.53. The van der Waals surface area contributed by atoms with Gasteiger partial charge in [-0.3, -0.25) is 4.90 Å². The van der Waals surface area contributed by atoms with E-state index in [0.29, 0.717) is 11.1 Å². The van der Waals surface area contributed by atoms with E-state index in [1.165, 1.54) is 6.08 Å². The second-order valence-electron chi connectivity index (χ2n) is 3.17. The van der Waals surface area contributed by atoms with E-state index in [0.717, 1.165) is 4.90 Å². The first-order valence-corrected chi connectivity index (χ1v) is 4.02. The van der Waals surface area contributed by atoms with Crippen LogP contribution in [0.25, 0.3) is 0 Å². The lowest BCUT2D eigenvalue weighted by Crippen LogP contribution is -2.40. The summed E-state index contributed by atoms with van der Waals surface area (Å²) in [5.74, 6) is -1.16. The zero-order valence-corrected chi connectivity index (χ0v) is 7.73. The van der Waals surface area contributed by atoms with Crippen LogP contribution in [0.3, 0.4) is 0 Å². The molecule has 0 fully saturated rings. The minimum Gasteiger partial charge on any atom is -0.479 e. The van der Waals surface area contributed by atoms with Crippen molar-refractivity contribution < 1.29 is 19.8 Å². The molecule has 1 aliphatic heterocycles. The SMILES string of the molecule is C=C(C)C1=C[C@@H](C(=O)O)N(C(=O)O)C1. The predicted octanol–water partition coefficient (Wildman–Crippen LogP) is 0.936. The van der Waals surface area contributed by atoms with Crippen LogP contribution in [0.1, 0.15) is 6.92 Å². The van der Waals surface area contributed by atoms with Gasteiger partial charge in [-0.05, 0) is 18.6 Å². The Labute approximate surface area is 80.9 Å². The van der Waals surface area contributed by atoms with Crippen LogP contribution in [-0.4, -0.2) is 39.8 Å². The number of rotatable bonds is 2. The monoisotopic (exact) mass is 197 g/mol. The average Bonchev–Trinajstić information content (AvgIpc) is 2.47. The molecule has 14 heavy (non-hydrogen) atoms. The molecule has 0 saturated heterocycles. The van der Waals surface area contributed by atoms with Gasteiger partial charge in [0, 0.05) is 0 Å². The lowest BCUT2D eigenvalue weighted by Gasteiger charge is -2.17. The summed E-state index contributed by atoms with van der Waals surface area (Å²) < 4.78 is 0. The summed E-state index contributed by atoms with van der Waals surface area (Å²) in [7, 11) is 0. The van der Waals surface area contributed by atoms with E-state index in [4.69, 9.17) is 10.2 Å². The molecule has 5 heteroatoms. The van der Waals surface area contributed by atoms with Gasteiger partial charge in [0.1, 0.15) is 0 Å². The molecule has 2 N–H and O–H groups in total. The quantitative estimate of drug-likeness (QED) is 0.690. The number of carbonyl (C=O) groups is 2. The molecule has 76 valence electrons. The first-order valence-electron chi connectivity index (χ1n) is 4.02. The lowest BCUT2D eigenvalue weighted by atomic mass is 10.1. The van der Waals surface area contributed by atoms with Crippen molar-refractivity contribution in [3.05, 3.63) is 23.8 Å². The maximum atomic E-state index is 10.7. The van der Waals surface area contributed by atoms with Crippen molar-refractivity contribution in [1.82, 2.24) is 4.90 Å². The average molecular weight is 197 g/mol. The van der Waals surface area contributed by atoms with Gasteiger partial charge < -0.3 is 10.2 Å². The highest BCUT2D eigenvalue weighted by Crippen LogP contribution is 2.21. The second-order valence-corrected chi connectivity index (χ2v) is 3.17. The Balaban J connectivity index is 2.93. The third-order valence-corrected chi connectivity index (χ3v) is 2.08. The highest BCUT2D eigenvalue weighted by molar-refractivity contribution is 5.83. The summed E-state index contributed by atoms with van der Waals surface area (Å²) in [5, 5.41) is 17.5. The van der Waals surface area contributed by atoms with Crippen molar-refractivity contribution in [3.63, 3.8) is 0 Å². The van der Waals surface area contributed by atoms with Crippen LogP contribution in [-0.2, 0) is 4.79 Å². The molecule has 0 radical (unpaired) electrons. The summed E-state index contributed by atoms with van der Waals surface area (Å²) in [6.45, 7) is 5.46. The molecule has 0 aromatic heterocycles. The number of hydrogen-bond donors (Lipinski definition) is 2. The van der Waals surface area contributed by atoms with Crippen LogP contribution in [0.2, 0.25) is 0 Å². The molecule has 1 rings (SSSR count). The molecular formula is C9H11NO4. The molecule has 0 aromatic carbocycles. The summed E-state index contributed by atoms with van der Waals surface area (Å²) in [6.07, 6.45) is 0.184. The molecule has 0 saturated carbocycles. The normalized spacial score (nSPS) is 20.5. The number of amides is 1. The molecule has 0 unspecified atom stereocenters. The van der Waals surface area contributed by atoms with Crippen LogP contribution >= 0.6 is 0 Å². The van der Waals surface area contributed by atoms with E-state index in [9.17, 15) is 9.59 Å². The van der Waals surface area contributed by atoms with Gasteiger partial charge in [-0.25, -0.2) is 9.59 Å². The third kappa shape index (κ3) is 1.76. The Hall–Kier alpha value is -1.78. The van der Waals surface area contributed by atoms with E-state index in [1.807, 2.05) is 0 Å². The predicted molar refractivity (Wildman–Crippen MR) is 49.1 cm³/mol. The van der Waals surface area contributed by atoms with Crippen molar-refractivity contribution in [2.45, 2.75) is 13.0 Å². The van der Waals surface area contributed by atoms with Gasteiger partial charge in [0.25, 0.3) is 0 Å². The zero-order chi connectivity index (χ0) is 10.9. The maximum absolute atomic E-state index is 10.7. The number of hydrogen-bond acceptors (Lipinski definition) is 2. The highest BCUT2D eigenvalue weighted by atomic mass is 16.4. The van der Waals surface area contributed by atoms with Gasteiger partial charge in [-0.15, -0.1) is 0 Å². The van der Waals surface area contributed by atoms with Crippen LogP contribution < -0.4 is 0 Å². The van der Waals surface area contributed by atoms with Gasteiger partial charge in [-0.1, -0.05) is 12.2 Å².